The van der Waals surface area contributed by atoms with Gasteiger partial charge in [0.05, 0.1) is 63.9 Å². The van der Waals surface area contributed by atoms with Gasteiger partial charge >= 0.3 is 0 Å². The molecular formula is C106H136O6Si3. The van der Waals surface area contributed by atoms with Crippen molar-refractivity contribution in [3.8, 4) is 34.5 Å². The van der Waals surface area contributed by atoms with Crippen molar-refractivity contribution in [3.63, 3.8) is 0 Å². The van der Waals surface area contributed by atoms with Crippen LogP contribution in [0.2, 0.25) is 57.4 Å². The Hall–Kier alpha value is -9.13. The Kier molecular flexibility index (Phi) is 31.7. The summed E-state index contributed by atoms with van der Waals surface area (Å²) in [5, 5.41) is 4.67. The molecule has 0 N–H and O–H groups in total. The van der Waals surface area contributed by atoms with Crippen molar-refractivity contribution in [2.75, 3.05) is 39.6 Å². The Morgan fingerprint density at radius 1 is 0.252 bits per heavy atom. The molecule has 11 aromatic carbocycles. The summed E-state index contributed by atoms with van der Waals surface area (Å²) in [5.41, 5.74) is 23.0. The third-order valence-corrected chi connectivity index (χ3v) is 34.0. The SMILES string of the molecule is CCOc1ccc(C(C)(C)c2ccc(OCCC[Si](C)(C)c3cc(C)cc(C)c3)cc2)cc1.Cc1cc(C(C)(C)c2cc(C)c(OCCc3ccccc3)c(C)c2)cc(C)c1OCCc1ccccc1.Cc1cc(C)cc([Si](C)(C)CCCOc2ccc(C(C)(C)c3ccc(OCCC[Si](C)(C)c4cc(C)cc(C)c4)cc3)cc2)c1. The highest BCUT2D eigenvalue weighted by atomic mass is 28.3. The third kappa shape index (κ3) is 25.7. The maximum absolute atomic E-state index is 6.25. The number of hydrogen-bond donors (Lipinski definition) is 0. The maximum Gasteiger partial charge on any atom is 0.125 e. The van der Waals surface area contributed by atoms with Gasteiger partial charge in [-0.3, -0.25) is 0 Å². The van der Waals surface area contributed by atoms with E-state index in [1.54, 1.807) is 15.6 Å². The Balaban J connectivity index is 0.000000200. The second-order valence-electron chi connectivity index (χ2n) is 36.1. The van der Waals surface area contributed by atoms with E-state index in [-0.39, 0.29) is 16.2 Å². The first-order chi connectivity index (χ1) is 54.5. The molecule has 0 aromatic heterocycles. The fraction of sp³-hybridized carbons (Fsp3) is 0.377. The summed E-state index contributed by atoms with van der Waals surface area (Å²) in [4.78, 5) is 0. The molecule has 0 aliphatic carbocycles. The maximum atomic E-state index is 6.25. The van der Waals surface area contributed by atoms with E-state index in [1.807, 2.05) is 6.92 Å². The molecule has 115 heavy (non-hydrogen) atoms. The number of ether oxygens (including phenoxy) is 6. The Morgan fingerprint density at radius 2 is 0.487 bits per heavy atom. The smallest absolute Gasteiger partial charge is 0.125 e. The first-order valence-electron chi connectivity index (χ1n) is 42.3. The molecule has 0 saturated heterocycles. The van der Waals surface area contributed by atoms with E-state index >= 15 is 0 Å². The molecule has 0 bridgehead atoms. The van der Waals surface area contributed by atoms with Crippen LogP contribution >= 0.6 is 0 Å². The molecule has 608 valence electrons. The normalized spacial score (nSPS) is 11.9. The van der Waals surface area contributed by atoms with Gasteiger partial charge in [-0.15, -0.1) is 0 Å². The highest BCUT2D eigenvalue weighted by molar-refractivity contribution is 6.90. The largest absolute Gasteiger partial charge is 0.494 e. The molecule has 0 amide bonds. The summed E-state index contributed by atoms with van der Waals surface area (Å²) >= 11 is 0. The summed E-state index contributed by atoms with van der Waals surface area (Å²) < 4.78 is 36.6. The van der Waals surface area contributed by atoms with Crippen molar-refractivity contribution < 1.29 is 28.4 Å². The molecule has 0 spiro atoms. The summed E-state index contributed by atoms with van der Waals surface area (Å²) in [7, 11) is -4.40. The Morgan fingerprint density at radius 3 is 0.730 bits per heavy atom. The quantitative estimate of drug-likeness (QED) is 0.0296. The van der Waals surface area contributed by atoms with Crippen molar-refractivity contribution in [1.82, 2.24) is 0 Å². The third-order valence-electron chi connectivity index (χ3n) is 23.6. The van der Waals surface area contributed by atoms with Gasteiger partial charge in [0.25, 0.3) is 0 Å². The van der Waals surface area contributed by atoms with Crippen molar-refractivity contribution in [3.05, 3.63) is 337 Å². The molecule has 0 aliphatic rings. The minimum Gasteiger partial charge on any atom is -0.494 e. The number of benzene rings is 11. The van der Waals surface area contributed by atoms with Crippen LogP contribution in [0.1, 0.15) is 168 Å². The number of rotatable bonds is 34. The molecule has 0 heterocycles. The second kappa shape index (κ2) is 40.6. The molecule has 0 unspecified atom stereocenters. The van der Waals surface area contributed by atoms with Gasteiger partial charge in [0, 0.05) is 29.1 Å². The van der Waals surface area contributed by atoms with E-state index in [0.717, 1.165) is 86.4 Å². The van der Waals surface area contributed by atoms with Gasteiger partial charge in [-0.1, -0.05) is 336 Å². The minimum absolute atomic E-state index is 0.0785. The fourth-order valence-corrected chi connectivity index (χ4v) is 23.7. The van der Waals surface area contributed by atoms with E-state index in [0.29, 0.717) is 19.8 Å². The lowest BCUT2D eigenvalue weighted by molar-refractivity contribution is 0.316. The zero-order chi connectivity index (χ0) is 83.3. The van der Waals surface area contributed by atoms with Gasteiger partial charge in [0.1, 0.15) is 34.5 Å². The lowest BCUT2D eigenvalue weighted by Crippen LogP contribution is -2.41. The van der Waals surface area contributed by atoms with Crippen LogP contribution in [0, 0.1) is 69.2 Å². The molecule has 11 aromatic rings. The number of aryl methyl sites for hydroxylation is 10. The van der Waals surface area contributed by atoms with Crippen LogP contribution in [0.3, 0.4) is 0 Å². The monoisotopic (exact) mass is 1590 g/mol. The topological polar surface area (TPSA) is 55.4 Å². The second-order valence-corrected chi connectivity index (χ2v) is 50.6. The van der Waals surface area contributed by atoms with Crippen LogP contribution in [0.25, 0.3) is 0 Å². The average molecular weight is 1590 g/mol. The van der Waals surface area contributed by atoms with E-state index in [2.05, 4.69) is 387 Å². The van der Waals surface area contributed by atoms with Crippen LogP contribution < -0.4 is 44.0 Å². The molecule has 0 saturated carbocycles. The summed E-state index contributed by atoms with van der Waals surface area (Å²) in [6.07, 6.45) is 5.07. The summed E-state index contributed by atoms with van der Waals surface area (Å²) in [6, 6.07) is 89.4. The molecule has 11 rings (SSSR count). The zero-order valence-corrected chi connectivity index (χ0v) is 77.4. The van der Waals surface area contributed by atoms with Crippen molar-refractivity contribution >= 4 is 39.8 Å². The average Bonchev–Trinajstić information content (AvgIpc) is 0.784. The van der Waals surface area contributed by atoms with Crippen molar-refractivity contribution in [2.45, 2.75) is 223 Å². The van der Waals surface area contributed by atoms with E-state index in [1.165, 1.54) is 118 Å². The van der Waals surface area contributed by atoms with E-state index in [4.69, 9.17) is 28.4 Å². The molecule has 0 radical (unpaired) electrons. The van der Waals surface area contributed by atoms with Gasteiger partial charge in [-0.25, -0.2) is 0 Å². The van der Waals surface area contributed by atoms with Gasteiger partial charge < -0.3 is 28.4 Å². The van der Waals surface area contributed by atoms with Crippen molar-refractivity contribution in [1.29, 1.82) is 0 Å². The fourth-order valence-electron chi connectivity index (χ4n) is 16.1. The van der Waals surface area contributed by atoms with Crippen molar-refractivity contribution in [2.24, 2.45) is 0 Å². The molecule has 6 nitrogen and oxygen atoms in total. The van der Waals surface area contributed by atoms with E-state index < -0.39 is 24.2 Å². The summed E-state index contributed by atoms with van der Waals surface area (Å²) in [5.74, 6) is 5.78. The molecular weight excluding hydrogens is 1450 g/mol. The Bertz CT molecular complexity index is 4560. The van der Waals surface area contributed by atoms with Gasteiger partial charge in [0.15, 0.2) is 0 Å². The van der Waals surface area contributed by atoms with Crippen LogP contribution in [-0.4, -0.2) is 63.9 Å². The van der Waals surface area contributed by atoms with Crippen LogP contribution in [0.5, 0.6) is 34.5 Å². The lowest BCUT2D eigenvalue weighted by Gasteiger charge is -2.29. The van der Waals surface area contributed by atoms with Crippen LogP contribution in [0.4, 0.5) is 0 Å². The Labute approximate surface area is 697 Å². The highest BCUT2D eigenvalue weighted by Gasteiger charge is 2.30. The highest BCUT2D eigenvalue weighted by Crippen LogP contribution is 2.40. The first kappa shape index (κ1) is 89.8. The summed E-state index contributed by atoms with van der Waals surface area (Å²) in [6.45, 7) is 56.8. The predicted octanol–water partition coefficient (Wildman–Crippen LogP) is 25.9. The van der Waals surface area contributed by atoms with Gasteiger partial charge in [-0.2, -0.15) is 0 Å². The lowest BCUT2D eigenvalue weighted by atomic mass is 9.76. The standard InChI is InChI=1S/C41H56O2Si2.C35H40O2.C30H40O2Si/c1-31-25-32(2)28-39(27-31)44(7,8)23-11-21-42-37-17-13-35(14-18-37)41(5,6)36-15-19-38(20-16-36)43-22-12-24-45(9,10)40-29-33(3)26-34(4)30-40;1-25-21-31(22-26(2)33(25)36-19-17-29-13-9-7-10-14-29)35(5,6)32-23-27(3)34(28(4)24-32)37-20-18-30-15-11-8-12-16-30;1-8-31-27-14-10-25(11-15-27)30(4,5)26-12-16-28(17-13-26)32-18-9-19-33(6,7)29-21-23(2)20-24(3)22-29/h13-20,25-30H,11-12,21-24H2,1-10H3;7-16,21-24H,17-20H2,1-6H3;10-17,20-22H,8-9,18-19H2,1-7H3. The molecule has 9 heteroatoms. The predicted molar refractivity (Wildman–Crippen MR) is 500 cm³/mol. The van der Waals surface area contributed by atoms with E-state index in [9.17, 15) is 0 Å². The van der Waals surface area contributed by atoms with Crippen LogP contribution in [-0.2, 0) is 29.1 Å². The van der Waals surface area contributed by atoms with Gasteiger partial charge in [-0.05, 0) is 211 Å². The molecule has 0 fully saturated rings. The zero-order valence-electron chi connectivity index (χ0n) is 74.4. The van der Waals surface area contributed by atoms with Gasteiger partial charge in [0.2, 0.25) is 0 Å². The number of hydrogen-bond acceptors (Lipinski definition) is 6. The molecule has 0 aliphatic heterocycles. The van der Waals surface area contributed by atoms with Crippen LogP contribution in [0.15, 0.2) is 237 Å². The first-order valence-corrected chi connectivity index (χ1v) is 51.9. The molecule has 0 atom stereocenters. The minimum atomic E-state index is -1.48.